The van der Waals surface area contributed by atoms with Crippen LogP contribution in [0.25, 0.3) is 0 Å². The summed E-state index contributed by atoms with van der Waals surface area (Å²) in [4.78, 5) is 0. The highest BCUT2D eigenvalue weighted by atomic mass is 16.3. The molecule has 5 heteroatoms. The van der Waals surface area contributed by atoms with Gasteiger partial charge in [-0.2, -0.15) is 0 Å². The summed E-state index contributed by atoms with van der Waals surface area (Å²) in [5.41, 5.74) is 14.4. The van der Waals surface area contributed by atoms with Crippen LogP contribution in [0.2, 0.25) is 0 Å². The highest BCUT2D eigenvalue weighted by Crippen LogP contribution is 2.52. The summed E-state index contributed by atoms with van der Waals surface area (Å²) in [6.07, 6.45) is 8.39. The molecule has 5 nitrogen and oxygen atoms in total. The highest BCUT2D eigenvalue weighted by Gasteiger charge is 2.35. The average Bonchev–Trinajstić information content (AvgIpc) is 3.66. The van der Waals surface area contributed by atoms with E-state index >= 15 is 0 Å². The molecule has 4 atom stereocenters. The van der Waals surface area contributed by atoms with Crippen LogP contribution in [0.15, 0.2) is 194 Å². The summed E-state index contributed by atoms with van der Waals surface area (Å²) in [5.74, 6) is -1.72. The van der Waals surface area contributed by atoms with E-state index in [2.05, 4.69) is 132 Å². The molecule has 9 rings (SSSR count). The van der Waals surface area contributed by atoms with Gasteiger partial charge in [-0.25, -0.2) is 0 Å². The molecule has 0 saturated heterocycles. The zero-order valence-corrected chi connectivity index (χ0v) is 46.1. The summed E-state index contributed by atoms with van der Waals surface area (Å²) in [6.45, 7) is 10.8. The molecule has 0 aliphatic heterocycles. The number of hydrogen-bond donors (Lipinski definition) is 5. The lowest BCUT2D eigenvalue weighted by atomic mass is 9.74. The summed E-state index contributed by atoms with van der Waals surface area (Å²) in [7, 11) is 0. The minimum absolute atomic E-state index is 0.0790. The standard InChI is InChI=1S/C73H76O5/c1-6-23-48-36-38-65(74)57(40-48)67(53-28-15-11-16-29-53)59-42-50(25-8-3)44-61(71(59)76)69(55-32-19-13-20-33-55)63-46-52(27-10-5)47-64(73(63)78)70(56-34-21-14-22-35-56)62-45-51(26-9-4)43-60(72(62)77)68(54-30-17-12-18-31-54)58-41-49(24-7-2)37-39-66(58)75/h11-22,28-47,67-70,74-78H,6-10,23-27H2,1-5H3. The topological polar surface area (TPSA) is 101 Å². The molecule has 0 spiro atoms. The van der Waals surface area contributed by atoms with Gasteiger partial charge >= 0.3 is 0 Å². The van der Waals surface area contributed by atoms with Gasteiger partial charge in [0.2, 0.25) is 0 Å². The van der Waals surface area contributed by atoms with Crippen molar-refractivity contribution >= 4 is 0 Å². The average molecular weight is 1030 g/mol. The van der Waals surface area contributed by atoms with E-state index in [1.807, 2.05) is 84.9 Å². The molecule has 5 N–H and O–H groups in total. The van der Waals surface area contributed by atoms with E-state index in [0.29, 0.717) is 33.4 Å². The molecule has 0 bridgehead atoms. The normalized spacial score (nSPS) is 13.0. The maximum Gasteiger partial charge on any atom is 0.123 e. The van der Waals surface area contributed by atoms with Gasteiger partial charge in [0.1, 0.15) is 28.7 Å². The zero-order valence-electron chi connectivity index (χ0n) is 46.1. The lowest BCUT2D eigenvalue weighted by Crippen LogP contribution is -2.13. The van der Waals surface area contributed by atoms with Crippen LogP contribution in [-0.4, -0.2) is 25.5 Å². The van der Waals surface area contributed by atoms with Gasteiger partial charge in [0.05, 0.1) is 0 Å². The Hall–Kier alpha value is -8.02. The molecule has 0 aromatic heterocycles. The number of rotatable bonds is 22. The number of aryl methyl sites for hydroxylation is 5. The van der Waals surface area contributed by atoms with E-state index in [4.69, 9.17) is 0 Å². The molecule has 0 heterocycles. The van der Waals surface area contributed by atoms with Gasteiger partial charge in [0, 0.05) is 68.2 Å². The Morgan fingerprint density at radius 2 is 0.449 bits per heavy atom. The van der Waals surface area contributed by atoms with Crippen molar-refractivity contribution in [1.29, 1.82) is 0 Å². The van der Waals surface area contributed by atoms with Gasteiger partial charge in [-0.05, 0) is 94.3 Å². The quantitative estimate of drug-likeness (QED) is 0.0436. The highest BCUT2D eigenvalue weighted by molar-refractivity contribution is 5.66. The lowest BCUT2D eigenvalue weighted by Gasteiger charge is -2.30. The van der Waals surface area contributed by atoms with Crippen LogP contribution < -0.4 is 0 Å². The van der Waals surface area contributed by atoms with Gasteiger partial charge in [0.25, 0.3) is 0 Å². The van der Waals surface area contributed by atoms with E-state index < -0.39 is 23.7 Å². The Balaban J connectivity index is 1.34. The molecule has 78 heavy (non-hydrogen) atoms. The Morgan fingerprint density at radius 1 is 0.244 bits per heavy atom. The summed E-state index contributed by atoms with van der Waals surface area (Å²) in [5, 5.41) is 64.0. The van der Waals surface area contributed by atoms with Crippen molar-refractivity contribution in [1.82, 2.24) is 0 Å². The second-order valence-corrected chi connectivity index (χ2v) is 21.3. The maximum absolute atomic E-state index is 13.7. The van der Waals surface area contributed by atoms with Crippen molar-refractivity contribution in [3.63, 3.8) is 0 Å². The second kappa shape index (κ2) is 25.4. The third kappa shape index (κ3) is 11.8. The van der Waals surface area contributed by atoms with E-state index in [0.717, 1.165) is 125 Å². The number of phenolic OH excluding ortho intramolecular Hbond substituents is 5. The number of hydrogen-bond acceptors (Lipinski definition) is 5. The fourth-order valence-electron chi connectivity index (χ4n) is 12.1. The maximum atomic E-state index is 13.7. The first-order valence-electron chi connectivity index (χ1n) is 28.5. The van der Waals surface area contributed by atoms with Crippen LogP contribution in [0.5, 0.6) is 28.7 Å². The Bertz CT molecular complexity index is 3200. The summed E-state index contributed by atoms with van der Waals surface area (Å²) in [6, 6.07) is 65.1. The van der Waals surface area contributed by atoms with Crippen molar-refractivity contribution < 1.29 is 25.5 Å². The van der Waals surface area contributed by atoms with Crippen LogP contribution in [0.1, 0.15) is 185 Å². The smallest absolute Gasteiger partial charge is 0.123 e. The molecule has 0 aliphatic carbocycles. The molecular weight excluding hydrogens is 957 g/mol. The van der Waals surface area contributed by atoms with Crippen molar-refractivity contribution in [2.24, 2.45) is 0 Å². The van der Waals surface area contributed by atoms with Crippen LogP contribution in [0.4, 0.5) is 0 Å². The number of phenols is 5. The van der Waals surface area contributed by atoms with Gasteiger partial charge in [0.15, 0.2) is 0 Å². The predicted octanol–water partition coefficient (Wildman–Crippen LogP) is 17.7. The Labute approximate surface area is 463 Å². The number of aromatic hydroxyl groups is 5. The zero-order chi connectivity index (χ0) is 54.7. The van der Waals surface area contributed by atoms with E-state index in [9.17, 15) is 25.5 Å². The van der Waals surface area contributed by atoms with E-state index in [1.165, 1.54) is 0 Å². The first kappa shape index (κ1) is 54.8. The molecule has 0 fully saturated rings. The molecule has 0 saturated carbocycles. The lowest BCUT2D eigenvalue weighted by molar-refractivity contribution is 0.445. The van der Waals surface area contributed by atoms with Crippen molar-refractivity contribution in [2.45, 2.75) is 122 Å². The van der Waals surface area contributed by atoms with Gasteiger partial charge in [-0.1, -0.05) is 249 Å². The third-order valence-electron chi connectivity index (χ3n) is 15.6. The van der Waals surface area contributed by atoms with E-state index in [-0.39, 0.29) is 28.7 Å². The van der Waals surface area contributed by atoms with Crippen LogP contribution in [0, 0.1) is 0 Å². The summed E-state index contributed by atoms with van der Waals surface area (Å²) < 4.78 is 0. The molecule has 0 amide bonds. The van der Waals surface area contributed by atoms with E-state index in [1.54, 1.807) is 12.1 Å². The molecule has 9 aromatic carbocycles. The van der Waals surface area contributed by atoms with Crippen molar-refractivity contribution in [3.8, 4) is 28.7 Å². The van der Waals surface area contributed by atoms with Crippen LogP contribution in [0.3, 0.4) is 0 Å². The van der Waals surface area contributed by atoms with Crippen LogP contribution in [-0.2, 0) is 32.1 Å². The molecule has 0 aliphatic rings. The predicted molar refractivity (Wildman–Crippen MR) is 320 cm³/mol. The van der Waals surface area contributed by atoms with Crippen molar-refractivity contribution in [2.75, 3.05) is 0 Å². The Kier molecular flexibility index (Phi) is 17.8. The monoisotopic (exact) mass is 1030 g/mol. The largest absolute Gasteiger partial charge is 0.508 e. The first-order chi connectivity index (χ1) is 38.1. The molecule has 398 valence electrons. The van der Waals surface area contributed by atoms with Crippen molar-refractivity contribution in [3.05, 3.63) is 289 Å². The molecule has 0 radical (unpaired) electrons. The SMILES string of the molecule is CCCc1ccc(O)c(C(c2ccccc2)c2cc(CCC)cc(C(c3ccccc3)c3cc(CCC)cc(C(c4ccccc4)c4cc(CCC)cc(C(c5ccccc5)c5cc(CCC)ccc5O)c4O)c3O)c2O)c1. The Morgan fingerprint density at radius 3 is 0.679 bits per heavy atom. The third-order valence-corrected chi connectivity index (χ3v) is 15.6. The molecular formula is C73H76O5. The van der Waals surface area contributed by atoms with Gasteiger partial charge < -0.3 is 25.5 Å². The van der Waals surface area contributed by atoms with Crippen LogP contribution >= 0.6 is 0 Å². The summed E-state index contributed by atoms with van der Waals surface area (Å²) >= 11 is 0. The number of benzene rings is 9. The second-order valence-electron chi connectivity index (χ2n) is 21.3. The molecule has 9 aromatic rings. The minimum atomic E-state index is -0.651. The minimum Gasteiger partial charge on any atom is -0.508 e. The fraction of sp³-hybridized carbons (Fsp3) is 0.260. The molecule has 4 unspecified atom stereocenters. The van der Waals surface area contributed by atoms with Gasteiger partial charge in [-0.15, -0.1) is 0 Å². The van der Waals surface area contributed by atoms with Gasteiger partial charge in [-0.3, -0.25) is 0 Å². The first-order valence-corrected chi connectivity index (χ1v) is 28.5. The fourth-order valence-corrected chi connectivity index (χ4v) is 12.1.